The molecule has 0 aliphatic heterocycles. The van der Waals surface area contributed by atoms with Gasteiger partial charge in [0.15, 0.2) is 29.1 Å². The van der Waals surface area contributed by atoms with Crippen molar-refractivity contribution in [3.63, 3.8) is 0 Å². The van der Waals surface area contributed by atoms with Crippen LogP contribution in [0.1, 0.15) is 68.8 Å². The SMILES string of the molecule is Cc1cc(-c2nc3cc4nc(C)[nH]c4cc3[nH]2)n[nH]1.Cc1cc(-c2nc3cc4nc(C)[nH]c4cc3[nH]2)ncn1.Cc1ccc(-c2nc3cc4nc(C)[nH]c4cc3[nH]2)nc1.Cc1cccc(-c2nc3cc4nc(C)[nH]c4cc3[nH]2)n1.Cc1cnc(-c2nc3cc4nc(C)[nH]c4cc3[nH]2)cn1.Cc1cncc(-c2nc3cc4nc(C)[nH]c4cc3[nH]2)c1. The smallest absolute Gasteiger partial charge is 0.159 e. The second-order valence-electron chi connectivity index (χ2n) is 29.4. The number of pyridine rings is 3. The third kappa shape index (κ3) is 15.1. The molecule has 0 aliphatic carbocycles. The van der Waals surface area contributed by atoms with Crippen LogP contribution in [-0.4, -0.2) is 165 Å². The fraction of sp³-hybridized carbons (Fsp3) is 0.140. The second-order valence-corrected chi connectivity index (χ2v) is 29.4. The van der Waals surface area contributed by atoms with Gasteiger partial charge in [-0.15, -0.1) is 0 Å². The Balaban J connectivity index is 0.0000000946. The highest BCUT2D eigenvalue weighted by Crippen LogP contribution is 2.31. The Morgan fingerprint density at radius 2 is 0.597 bits per heavy atom. The normalized spacial score (nSPS) is 11.5. The molecule has 0 amide bonds. The van der Waals surface area contributed by atoms with Gasteiger partial charge in [0.25, 0.3) is 0 Å². The lowest BCUT2D eigenvalue weighted by Gasteiger charge is -1.96. The number of rotatable bonds is 6. The fourth-order valence-electron chi connectivity index (χ4n) is 14.2. The van der Waals surface area contributed by atoms with E-state index in [1.807, 2.05) is 217 Å². The largest absolute Gasteiger partial charge is 0.342 e. The first-order chi connectivity index (χ1) is 57.6. The maximum absolute atomic E-state index is 4.63. The molecule has 24 aromatic rings. The van der Waals surface area contributed by atoms with E-state index < -0.39 is 0 Å². The average molecular weight is 1570 g/mol. The van der Waals surface area contributed by atoms with Crippen molar-refractivity contribution in [2.75, 3.05) is 0 Å². The van der Waals surface area contributed by atoms with Gasteiger partial charge < -0.3 is 59.8 Å². The van der Waals surface area contributed by atoms with E-state index in [1.165, 1.54) is 0 Å². The number of hydrogen-bond donors (Lipinski definition) is 13. The van der Waals surface area contributed by atoms with Gasteiger partial charge in [-0.05, 0) is 203 Å². The molecular weight excluding hydrogens is 1500 g/mol. The number of nitrogens with one attached hydrogen (secondary N) is 13. The summed E-state index contributed by atoms with van der Waals surface area (Å²) in [5, 5.41) is 7.13. The summed E-state index contributed by atoms with van der Waals surface area (Å²) in [7, 11) is 0. The molecular formula is C86H75N33. The van der Waals surface area contributed by atoms with Crippen LogP contribution in [0.15, 0.2) is 159 Å². The zero-order valence-corrected chi connectivity index (χ0v) is 66.5. The highest BCUT2D eigenvalue weighted by Gasteiger charge is 2.18. The van der Waals surface area contributed by atoms with E-state index in [1.54, 1.807) is 18.7 Å². The van der Waals surface area contributed by atoms with Crippen molar-refractivity contribution in [3.05, 3.63) is 227 Å². The van der Waals surface area contributed by atoms with Gasteiger partial charge in [0.05, 0.1) is 144 Å². The first-order valence-corrected chi connectivity index (χ1v) is 38.2. The second kappa shape index (κ2) is 29.6. The topological polar surface area (TPSA) is 463 Å². The number of fused-ring (bicyclic) bond motifs is 12. The maximum atomic E-state index is 4.63. The zero-order valence-electron chi connectivity index (χ0n) is 66.5. The van der Waals surface area contributed by atoms with Crippen LogP contribution in [0.4, 0.5) is 0 Å². The Morgan fingerprint density at radius 3 is 0.975 bits per heavy atom. The van der Waals surface area contributed by atoms with Crippen molar-refractivity contribution >= 4 is 132 Å². The van der Waals surface area contributed by atoms with Crippen LogP contribution in [0.5, 0.6) is 0 Å². The number of aromatic nitrogens is 33. The highest BCUT2D eigenvalue weighted by molar-refractivity contribution is 5.98. The Hall–Kier alpha value is -16.2. The number of imidazole rings is 12. The predicted molar refractivity (Wildman–Crippen MR) is 461 cm³/mol. The minimum atomic E-state index is 0.719. The van der Waals surface area contributed by atoms with Crippen LogP contribution >= 0.6 is 0 Å². The number of benzene rings is 6. The first kappa shape index (κ1) is 73.0. The Labute approximate surface area is 673 Å². The summed E-state index contributed by atoms with van der Waals surface area (Å²) in [6, 6.07) is 40.0. The summed E-state index contributed by atoms with van der Waals surface area (Å²) in [5.74, 6) is 10.1. The fourth-order valence-corrected chi connectivity index (χ4v) is 14.2. The quantitative estimate of drug-likeness (QED) is 0.0735. The molecule has 33 heteroatoms. The van der Waals surface area contributed by atoms with Crippen molar-refractivity contribution in [1.82, 2.24) is 165 Å². The summed E-state index contributed by atoms with van der Waals surface area (Å²) < 4.78 is 0. The van der Waals surface area contributed by atoms with E-state index >= 15 is 0 Å². The third-order valence-electron chi connectivity index (χ3n) is 19.7. The minimum absolute atomic E-state index is 0.719. The van der Waals surface area contributed by atoms with Crippen molar-refractivity contribution in [3.8, 4) is 69.0 Å². The third-order valence-corrected chi connectivity index (χ3v) is 19.7. The molecule has 0 spiro atoms. The van der Waals surface area contributed by atoms with E-state index in [0.717, 1.165) is 270 Å². The van der Waals surface area contributed by atoms with Gasteiger partial charge in [-0.25, -0.2) is 79.7 Å². The molecule has 0 atom stereocenters. The molecule has 0 saturated heterocycles. The summed E-state index contributed by atoms with van der Waals surface area (Å²) in [6.45, 7) is 23.5. The standard InChI is InChI=1S/3C15H13N5.2C14H12N6.C13H12N6/c1-8-3-10(7-16-6-8)15-19-13-4-11-12(5-14(13)20-15)18-9(2)17-11;1-8-3-4-10(16-7-8)15-19-13-5-11-12(6-14(13)20-15)18-9(2)17-11;1-8-4-3-5-10(16-8)15-19-13-6-11-12(7-14(13)20-15)18-9(2)17-11;1-7-5-16-13(6-15-7)14-19-11-3-9-10(4-12(11)20-14)18-8(2)17-9;1-7-3-13(16-6-15-7)14-19-11-4-9-10(5-12(11)20-14)18-8(2)17-9;1-6-3-12(19-18-6)13-16-10-4-8-9(5-11(10)17-13)15-7(2)14-8/h3*3-7H,1-2H3,(H,17,18)(H,19,20);2*3-6H,1-2H3,(H,17,18)(H,19,20);3-5H,1-2H3,(H,14,15)(H,16,17)(H,18,19). The molecule has 0 fully saturated rings. The Kier molecular flexibility index (Phi) is 18.2. The van der Waals surface area contributed by atoms with Crippen LogP contribution in [0.25, 0.3) is 201 Å². The summed E-state index contributed by atoms with van der Waals surface area (Å²) in [6.07, 6.45) is 10.5. The number of nitrogens with zero attached hydrogens (tertiary/aromatic N) is 20. The van der Waals surface area contributed by atoms with E-state index in [2.05, 4.69) is 171 Å². The Bertz CT molecular complexity index is 7100. The molecule has 18 aromatic heterocycles. The summed E-state index contributed by atoms with van der Waals surface area (Å²) >= 11 is 0. The molecule has 33 nitrogen and oxygen atoms in total. The minimum Gasteiger partial charge on any atom is -0.342 e. The van der Waals surface area contributed by atoms with Crippen molar-refractivity contribution < 1.29 is 0 Å². The summed E-state index contributed by atoms with van der Waals surface area (Å²) in [4.78, 5) is 123. The molecule has 6 aromatic carbocycles. The van der Waals surface area contributed by atoms with Crippen molar-refractivity contribution in [2.24, 2.45) is 0 Å². The van der Waals surface area contributed by atoms with Gasteiger partial charge in [0.1, 0.15) is 75.6 Å². The van der Waals surface area contributed by atoms with Crippen molar-refractivity contribution in [1.29, 1.82) is 0 Å². The molecule has 0 bridgehead atoms. The lowest BCUT2D eigenvalue weighted by Crippen LogP contribution is -1.89. The molecule has 13 N–H and O–H groups in total. The molecule has 0 aliphatic rings. The van der Waals surface area contributed by atoms with Crippen LogP contribution in [0.3, 0.4) is 0 Å². The highest BCUT2D eigenvalue weighted by atomic mass is 15.1. The molecule has 119 heavy (non-hydrogen) atoms. The predicted octanol–water partition coefficient (Wildman–Crippen LogP) is 16.8. The monoisotopic (exact) mass is 1570 g/mol. The molecule has 0 saturated carbocycles. The Morgan fingerprint density at radius 1 is 0.218 bits per heavy atom. The number of hydrogen-bond acceptors (Lipinski definition) is 20. The van der Waals surface area contributed by atoms with Gasteiger partial charge in [0, 0.05) is 47.4 Å². The first-order valence-electron chi connectivity index (χ1n) is 38.2. The lowest BCUT2D eigenvalue weighted by molar-refractivity contribution is 1.04. The summed E-state index contributed by atoms with van der Waals surface area (Å²) in [5.41, 5.74) is 34.0. The zero-order chi connectivity index (χ0) is 81.4. The van der Waals surface area contributed by atoms with Crippen LogP contribution in [0, 0.1) is 83.1 Å². The van der Waals surface area contributed by atoms with Gasteiger partial charge >= 0.3 is 0 Å². The molecule has 0 unspecified atom stereocenters. The average Bonchev–Trinajstić information content (AvgIpc) is 1.66. The molecule has 584 valence electrons. The van der Waals surface area contributed by atoms with Crippen LogP contribution in [0.2, 0.25) is 0 Å². The van der Waals surface area contributed by atoms with Crippen molar-refractivity contribution in [2.45, 2.75) is 83.1 Å². The van der Waals surface area contributed by atoms with E-state index in [9.17, 15) is 0 Å². The number of aromatic amines is 13. The van der Waals surface area contributed by atoms with E-state index in [4.69, 9.17) is 0 Å². The van der Waals surface area contributed by atoms with E-state index in [-0.39, 0.29) is 0 Å². The van der Waals surface area contributed by atoms with E-state index in [0.29, 0.717) is 0 Å². The molecule has 0 radical (unpaired) electrons. The number of H-pyrrole nitrogens is 13. The van der Waals surface area contributed by atoms with Gasteiger partial charge in [0.2, 0.25) is 0 Å². The van der Waals surface area contributed by atoms with Crippen LogP contribution in [-0.2, 0) is 0 Å². The maximum Gasteiger partial charge on any atom is 0.159 e. The molecule has 18 heterocycles. The lowest BCUT2D eigenvalue weighted by atomic mass is 10.2. The van der Waals surface area contributed by atoms with Gasteiger partial charge in [-0.2, -0.15) is 5.10 Å². The van der Waals surface area contributed by atoms with Gasteiger partial charge in [-0.3, -0.25) is 20.1 Å². The molecule has 24 rings (SSSR count). The van der Waals surface area contributed by atoms with Gasteiger partial charge in [-0.1, -0.05) is 12.1 Å². The van der Waals surface area contributed by atoms with Crippen LogP contribution < -0.4 is 0 Å². The number of aryl methyl sites for hydroxylation is 12.